The molecule has 2 aliphatic rings. The lowest BCUT2D eigenvalue weighted by Crippen LogP contribution is -2.52. The molecule has 0 aliphatic carbocycles. The molecule has 0 N–H and O–H groups in total. The van der Waals surface area contributed by atoms with Crippen molar-refractivity contribution in [3.05, 3.63) is 66.6 Å². The van der Waals surface area contributed by atoms with Gasteiger partial charge in [0, 0.05) is 54.9 Å². The number of nitrogens with zero attached hydrogens (tertiary/aromatic N) is 4. The van der Waals surface area contributed by atoms with E-state index in [1.54, 1.807) is 12.4 Å². The number of rotatable bonds is 2. The van der Waals surface area contributed by atoms with Crippen molar-refractivity contribution >= 4 is 22.5 Å². The van der Waals surface area contributed by atoms with E-state index in [-0.39, 0.29) is 11.3 Å². The van der Waals surface area contributed by atoms with E-state index >= 15 is 0 Å². The number of aromatic nitrogens is 2. The van der Waals surface area contributed by atoms with Crippen molar-refractivity contribution in [3.63, 3.8) is 0 Å². The van der Waals surface area contributed by atoms with Gasteiger partial charge in [-0.15, -0.1) is 0 Å². The van der Waals surface area contributed by atoms with Crippen molar-refractivity contribution in [2.45, 2.75) is 12.8 Å². The lowest BCUT2D eigenvalue weighted by Gasteiger charge is -2.44. The summed E-state index contributed by atoms with van der Waals surface area (Å²) >= 11 is 0. The summed E-state index contributed by atoms with van der Waals surface area (Å²) in [6.07, 6.45) is 7.54. The van der Waals surface area contributed by atoms with Crippen LogP contribution in [0, 0.1) is 5.41 Å². The number of anilines is 1. The monoisotopic (exact) mass is 402 g/mol. The Morgan fingerprint density at radius 1 is 1.07 bits per heavy atom. The van der Waals surface area contributed by atoms with Crippen molar-refractivity contribution in [2.24, 2.45) is 5.41 Å². The number of piperidine rings is 1. The standard InChI is InChI=1S/C24H26N4O2/c29-23(20-6-7-22-19(14-20)4-1-10-26-22)28-11-3-8-24(17-28)16-27(12-13-30-18-24)21-5-2-9-25-15-21/h1-2,4-7,9-10,14-15H,3,8,11-13,16-18H2/t24-/m1/s1. The summed E-state index contributed by atoms with van der Waals surface area (Å²) in [4.78, 5) is 26.4. The minimum Gasteiger partial charge on any atom is -0.379 e. The fourth-order valence-corrected chi connectivity index (χ4v) is 4.77. The molecule has 6 nitrogen and oxygen atoms in total. The van der Waals surface area contributed by atoms with Crippen LogP contribution in [0.3, 0.4) is 0 Å². The lowest BCUT2D eigenvalue weighted by molar-refractivity contribution is 0.0135. The van der Waals surface area contributed by atoms with Crippen molar-refractivity contribution in [2.75, 3.05) is 44.3 Å². The Balaban J connectivity index is 1.38. The third kappa shape index (κ3) is 3.75. The molecule has 3 aromatic rings. The molecule has 1 aromatic carbocycles. The average Bonchev–Trinajstić information content (AvgIpc) is 3.01. The third-order valence-corrected chi connectivity index (χ3v) is 6.25. The predicted molar refractivity (Wildman–Crippen MR) is 117 cm³/mol. The molecule has 0 saturated carbocycles. The summed E-state index contributed by atoms with van der Waals surface area (Å²) in [5.41, 5.74) is 2.70. The number of carbonyl (C=O) groups excluding carboxylic acids is 1. The Morgan fingerprint density at radius 2 is 2.00 bits per heavy atom. The maximum atomic E-state index is 13.3. The van der Waals surface area contributed by atoms with E-state index in [4.69, 9.17) is 4.74 Å². The number of hydrogen-bond acceptors (Lipinski definition) is 5. The van der Waals surface area contributed by atoms with E-state index in [2.05, 4.69) is 20.9 Å². The van der Waals surface area contributed by atoms with Crippen molar-refractivity contribution in [1.82, 2.24) is 14.9 Å². The molecule has 5 rings (SSSR count). The van der Waals surface area contributed by atoms with Crippen LogP contribution in [0.25, 0.3) is 10.9 Å². The van der Waals surface area contributed by atoms with Crippen molar-refractivity contribution in [3.8, 4) is 0 Å². The van der Waals surface area contributed by atoms with E-state index in [1.165, 1.54) is 0 Å². The van der Waals surface area contributed by atoms with Crippen LogP contribution >= 0.6 is 0 Å². The molecule has 30 heavy (non-hydrogen) atoms. The quantitative estimate of drug-likeness (QED) is 0.658. The first-order chi connectivity index (χ1) is 14.7. The van der Waals surface area contributed by atoms with Crippen LogP contribution in [0.5, 0.6) is 0 Å². The number of benzene rings is 1. The Hall–Kier alpha value is -2.99. The molecule has 1 spiro atoms. The van der Waals surface area contributed by atoms with Gasteiger partial charge in [0.25, 0.3) is 5.91 Å². The highest BCUT2D eigenvalue weighted by molar-refractivity contribution is 5.98. The zero-order valence-electron chi connectivity index (χ0n) is 17.0. The minimum absolute atomic E-state index is 0.0569. The Morgan fingerprint density at radius 3 is 2.90 bits per heavy atom. The zero-order valence-corrected chi connectivity index (χ0v) is 17.0. The molecule has 1 atom stereocenters. The molecule has 0 bridgehead atoms. The van der Waals surface area contributed by atoms with E-state index in [0.29, 0.717) is 19.8 Å². The largest absolute Gasteiger partial charge is 0.379 e. The lowest BCUT2D eigenvalue weighted by atomic mass is 9.79. The van der Waals surface area contributed by atoms with Gasteiger partial charge in [0.05, 0.1) is 30.6 Å². The number of ether oxygens (including phenoxy) is 1. The van der Waals surface area contributed by atoms with Gasteiger partial charge in [0.2, 0.25) is 0 Å². The molecule has 154 valence electrons. The molecular weight excluding hydrogens is 376 g/mol. The SMILES string of the molecule is O=C(c1ccc2ncccc2c1)N1CCC[C@]2(COCCN(c3cccnc3)C2)C1. The minimum atomic E-state index is -0.0569. The predicted octanol–water partition coefficient (Wildman–Crippen LogP) is 3.39. The summed E-state index contributed by atoms with van der Waals surface area (Å²) in [6, 6.07) is 13.8. The van der Waals surface area contributed by atoms with Crippen molar-refractivity contribution in [1.29, 1.82) is 0 Å². The molecule has 2 fully saturated rings. The second-order valence-electron chi connectivity index (χ2n) is 8.43. The maximum absolute atomic E-state index is 13.3. The first kappa shape index (κ1) is 19.0. The molecule has 4 heterocycles. The van der Waals surface area contributed by atoms with Crippen LogP contribution in [0.1, 0.15) is 23.2 Å². The van der Waals surface area contributed by atoms with Gasteiger partial charge in [-0.1, -0.05) is 6.07 Å². The second kappa shape index (κ2) is 8.03. The number of fused-ring (bicyclic) bond motifs is 1. The summed E-state index contributed by atoms with van der Waals surface area (Å²) in [6.45, 7) is 4.62. The third-order valence-electron chi connectivity index (χ3n) is 6.25. The number of likely N-dealkylation sites (tertiary alicyclic amines) is 1. The van der Waals surface area contributed by atoms with Crippen LogP contribution in [0.15, 0.2) is 61.1 Å². The summed E-state index contributed by atoms with van der Waals surface area (Å²) in [5.74, 6) is 0.0944. The highest BCUT2D eigenvalue weighted by atomic mass is 16.5. The van der Waals surface area contributed by atoms with Crippen LogP contribution in [-0.2, 0) is 4.74 Å². The summed E-state index contributed by atoms with van der Waals surface area (Å²) < 4.78 is 6.02. The number of carbonyl (C=O) groups is 1. The molecule has 2 aliphatic heterocycles. The van der Waals surface area contributed by atoms with Gasteiger partial charge in [-0.05, 0) is 49.2 Å². The highest BCUT2D eigenvalue weighted by Crippen LogP contribution is 2.35. The van der Waals surface area contributed by atoms with Gasteiger partial charge in [0.15, 0.2) is 0 Å². The first-order valence-electron chi connectivity index (χ1n) is 10.6. The topological polar surface area (TPSA) is 58.6 Å². The summed E-state index contributed by atoms with van der Waals surface area (Å²) in [5, 5.41) is 0.996. The van der Waals surface area contributed by atoms with E-state index in [1.807, 2.05) is 47.5 Å². The van der Waals surface area contributed by atoms with Gasteiger partial charge in [-0.25, -0.2) is 0 Å². The van der Waals surface area contributed by atoms with Gasteiger partial charge in [0.1, 0.15) is 0 Å². The zero-order chi connectivity index (χ0) is 20.4. The smallest absolute Gasteiger partial charge is 0.253 e. The molecular formula is C24H26N4O2. The average molecular weight is 402 g/mol. The fourth-order valence-electron chi connectivity index (χ4n) is 4.77. The van der Waals surface area contributed by atoms with E-state index in [9.17, 15) is 4.79 Å². The molecule has 2 aromatic heterocycles. The number of amides is 1. The molecule has 2 saturated heterocycles. The van der Waals surface area contributed by atoms with Gasteiger partial charge in [-0.2, -0.15) is 0 Å². The normalized spacial score (nSPS) is 22.3. The first-order valence-corrected chi connectivity index (χ1v) is 10.6. The Labute approximate surface area is 176 Å². The van der Waals surface area contributed by atoms with Crippen LogP contribution in [-0.4, -0.2) is 60.2 Å². The fraction of sp³-hybridized carbons (Fsp3) is 0.375. The van der Waals surface area contributed by atoms with E-state index < -0.39 is 0 Å². The molecule has 1 amide bonds. The van der Waals surface area contributed by atoms with Gasteiger partial charge < -0.3 is 14.5 Å². The summed E-state index contributed by atoms with van der Waals surface area (Å²) in [7, 11) is 0. The Kier molecular flexibility index (Phi) is 5.09. The maximum Gasteiger partial charge on any atom is 0.253 e. The van der Waals surface area contributed by atoms with Gasteiger partial charge >= 0.3 is 0 Å². The van der Waals surface area contributed by atoms with E-state index in [0.717, 1.165) is 54.6 Å². The molecule has 0 radical (unpaired) electrons. The highest BCUT2D eigenvalue weighted by Gasteiger charge is 2.40. The van der Waals surface area contributed by atoms with Gasteiger partial charge in [-0.3, -0.25) is 14.8 Å². The second-order valence-corrected chi connectivity index (χ2v) is 8.43. The number of pyridine rings is 2. The van der Waals surface area contributed by atoms with Crippen molar-refractivity contribution < 1.29 is 9.53 Å². The van der Waals surface area contributed by atoms with Crippen LogP contribution < -0.4 is 4.90 Å². The van der Waals surface area contributed by atoms with Crippen LogP contribution in [0.2, 0.25) is 0 Å². The number of hydrogen-bond donors (Lipinski definition) is 0. The molecule has 0 unspecified atom stereocenters. The Bertz CT molecular complexity index is 1040. The van der Waals surface area contributed by atoms with Crippen LogP contribution in [0.4, 0.5) is 5.69 Å². The molecule has 6 heteroatoms.